The van der Waals surface area contributed by atoms with Crippen LogP contribution in [0.4, 0.5) is 11.8 Å². The van der Waals surface area contributed by atoms with E-state index in [1.165, 1.54) is 5.56 Å². The van der Waals surface area contributed by atoms with E-state index in [-0.39, 0.29) is 11.9 Å². The van der Waals surface area contributed by atoms with Crippen LogP contribution < -0.4 is 25.1 Å². The first kappa shape index (κ1) is 22.7. The molecule has 5 rings (SSSR count). The molecule has 34 heavy (non-hydrogen) atoms. The van der Waals surface area contributed by atoms with Crippen molar-refractivity contribution in [3.63, 3.8) is 0 Å². The van der Waals surface area contributed by atoms with Gasteiger partial charge in [0.05, 0.1) is 25.0 Å². The van der Waals surface area contributed by atoms with Gasteiger partial charge in [0.1, 0.15) is 11.6 Å². The van der Waals surface area contributed by atoms with E-state index in [1.807, 2.05) is 19.1 Å². The smallest absolute Gasteiger partial charge is 0.310 e. The van der Waals surface area contributed by atoms with Crippen molar-refractivity contribution in [3.05, 3.63) is 40.4 Å². The lowest BCUT2D eigenvalue weighted by atomic mass is 9.98. The zero-order valence-corrected chi connectivity index (χ0v) is 20.2. The number of fused-ring (bicyclic) bond motifs is 1. The molecule has 1 saturated carbocycles. The molecule has 2 aromatic rings. The molecule has 1 aromatic carbocycles. The molecule has 1 unspecified atom stereocenters. The number of esters is 1. The van der Waals surface area contributed by atoms with Crippen molar-refractivity contribution in [3.8, 4) is 5.75 Å². The van der Waals surface area contributed by atoms with Crippen LogP contribution in [0.25, 0.3) is 12.2 Å². The minimum absolute atomic E-state index is 0.0926. The van der Waals surface area contributed by atoms with Gasteiger partial charge in [0, 0.05) is 30.9 Å². The summed E-state index contributed by atoms with van der Waals surface area (Å²) in [4.78, 5) is 27.3. The monoisotopic (exact) mass is 462 g/mol. The van der Waals surface area contributed by atoms with Crippen LogP contribution >= 0.6 is 0 Å². The molecule has 1 aromatic heterocycles. The van der Waals surface area contributed by atoms with E-state index in [9.17, 15) is 4.79 Å². The SMILES string of the molecule is CCOC(=O)C1CCCN(c2nc(N(Cc3ccc(OC)cc3)C3CC3)nc3c2=CCCC=3)C1. The van der Waals surface area contributed by atoms with Gasteiger partial charge in [0.2, 0.25) is 5.95 Å². The van der Waals surface area contributed by atoms with Crippen LogP contribution in [-0.2, 0) is 16.1 Å². The summed E-state index contributed by atoms with van der Waals surface area (Å²) in [6.45, 7) is 4.60. The Morgan fingerprint density at radius 2 is 1.91 bits per heavy atom. The molecule has 7 heteroatoms. The molecule has 180 valence electrons. The summed E-state index contributed by atoms with van der Waals surface area (Å²) in [5.74, 6) is 2.42. The molecule has 1 atom stereocenters. The lowest BCUT2D eigenvalue weighted by molar-refractivity contribution is -0.148. The maximum Gasteiger partial charge on any atom is 0.310 e. The van der Waals surface area contributed by atoms with Crippen molar-refractivity contribution in [2.75, 3.05) is 36.6 Å². The molecule has 1 aliphatic heterocycles. The summed E-state index contributed by atoms with van der Waals surface area (Å²) in [6.07, 6.45) is 10.6. The lowest BCUT2D eigenvalue weighted by Gasteiger charge is -2.33. The molecule has 2 heterocycles. The number of rotatable bonds is 8. The number of methoxy groups -OCH3 is 1. The summed E-state index contributed by atoms with van der Waals surface area (Å²) in [7, 11) is 1.69. The highest BCUT2D eigenvalue weighted by Crippen LogP contribution is 2.32. The second-order valence-electron chi connectivity index (χ2n) is 9.38. The summed E-state index contributed by atoms with van der Waals surface area (Å²) < 4.78 is 10.7. The molecule has 0 N–H and O–H groups in total. The average molecular weight is 463 g/mol. The van der Waals surface area contributed by atoms with Crippen molar-refractivity contribution >= 4 is 29.9 Å². The molecule has 3 aliphatic rings. The third-order valence-electron chi connectivity index (χ3n) is 6.89. The van der Waals surface area contributed by atoms with E-state index in [1.54, 1.807) is 7.11 Å². The van der Waals surface area contributed by atoms with Gasteiger partial charge in [-0.1, -0.05) is 24.3 Å². The highest BCUT2D eigenvalue weighted by atomic mass is 16.5. The van der Waals surface area contributed by atoms with Gasteiger partial charge in [-0.05, 0) is 63.1 Å². The van der Waals surface area contributed by atoms with E-state index >= 15 is 0 Å². The minimum atomic E-state index is -0.103. The van der Waals surface area contributed by atoms with Gasteiger partial charge in [0.15, 0.2) is 0 Å². The minimum Gasteiger partial charge on any atom is -0.497 e. The standard InChI is InChI=1S/C27H34N4O3/c1-3-34-26(32)20-7-6-16-30(18-20)25-23-8-4-5-9-24(23)28-27(29-25)31(21-12-13-21)17-19-10-14-22(33-2)15-11-19/h8-11,14-15,20-21H,3-7,12-13,16-18H2,1-2H3. The summed E-state index contributed by atoms with van der Waals surface area (Å²) in [5, 5.41) is 2.13. The number of benzene rings is 1. The van der Waals surface area contributed by atoms with Crippen LogP contribution in [0.3, 0.4) is 0 Å². The molecule has 0 radical (unpaired) electrons. The van der Waals surface area contributed by atoms with Gasteiger partial charge in [-0.25, -0.2) is 4.98 Å². The third kappa shape index (κ3) is 4.88. The Labute approximate surface area is 201 Å². The van der Waals surface area contributed by atoms with Gasteiger partial charge >= 0.3 is 5.97 Å². The van der Waals surface area contributed by atoms with E-state index in [2.05, 4.69) is 34.1 Å². The van der Waals surface area contributed by atoms with Crippen molar-refractivity contribution in [1.29, 1.82) is 0 Å². The van der Waals surface area contributed by atoms with Crippen molar-refractivity contribution in [1.82, 2.24) is 9.97 Å². The fourth-order valence-electron chi connectivity index (χ4n) is 4.93. The Hall–Kier alpha value is -3.09. The Bertz CT molecular complexity index is 1140. The zero-order valence-electron chi connectivity index (χ0n) is 20.2. The van der Waals surface area contributed by atoms with Crippen LogP contribution in [0.5, 0.6) is 5.75 Å². The number of hydrogen-bond donors (Lipinski definition) is 0. The number of ether oxygens (including phenoxy) is 2. The molecule has 0 spiro atoms. The van der Waals surface area contributed by atoms with Gasteiger partial charge < -0.3 is 19.3 Å². The number of carbonyl (C=O) groups excluding carboxylic acids is 1. The van der Waals surface area contributed by atoms with Crippen LogP contribution in [0, 0.1) is 5.92 Å². The molecule has 0 bridgehead atoms. The quantitative estimate of drug-likeness (QED) is 0.559. The molecule has 1 saturated heterocycles. The maximum absolute atomic E-state index is 12.5. The molecule has 2 aliphatic carbocycles. The Morgan fingerprint density at radius 1 is 1.12 bits per heavy atom. The van der Waals surface area contributed by atoms with E-state index < -0.39 is 0 Å². The first-order chi connectivity index (χ1) is 16.7. The number of carbonyl (C=O) groups is 1. The number of hydrogen-bond acceptors (Lipinski definition) is 7. The Morgan fingerprint density at radius 3 is 2.65 bits per heavy atom. The van der Waals surface area contributed by atoms with Crippen LogP contribution in [0.1, 0.15) is 51.0 Å². The largest absolute Gasteiger partial charge is 0.497 e. The van der Waals surface area contributed by atoms with Crippen LogP contribution in [0.15, 0.2) is 24.3 Å². The van der Waals surface area contributed by atoms with Gasteiger partial charge in [-0.3, -0.25) is 4.79 Å². The number of piperidine rings is 1. The van der Waals surface area contributed by atoms with Crippen molar-refractivity contribution < 1.29 is 14.3 Å². The van der Waals surface area contributed by atoms with Gasteiger partial charge in [-0.2, -0.15) is 4.98 Å². The second-order valence-corrected chi connectivity index (χ2v) is 9.38. The molecule has 0 amide bonds. The average Bonchev–Trinajstić information content (AvgIpc) is 3.72. The molecule has 7 nitrogen and oxygen atoms in total. The number of aromatic nitrogens is 2. The maximum atomic E-state index is 12.5. The molecular formula is C27H34N4O3. The summed E-state index contributed by atoms with van der Waals surface area (Å²) in [6, 6.07) is 8.70. The molecule has 2 fully saturated rings. The van der Waals surface area contributed by atoms with E-state index in [0.717, 1.165) is 79.7 Å². The fourth-order valence-corrected chi connectivity index (χ4v) is 4.93. The van der Waals surface area contributed by atoms with E-state index in [0.29, 0.717) is 19.2 Å². The second kappa shape index (κ2) is 10.0. The van der Waals surface area contributed by atoms with Gasteiger partial charge in [-0.15, -0.1) is 0 Å². The predicted octanol–water partition coefficient (Wildman–Crippen LogP) is 2.79. The highest BCUT2D eigenvalue weighted by Gasteiger charge is 2.33. The summed E-state index contributed by atoms with van der Waals surface area (Å²) >= 11 is 0. The first-order valence-electron chi connectivity index (χ1n) is 12.6. The predicted molar refractivity (Wildman–Crippen MR) is 133 cm³/mol. The highest BCUT2D eigenvalue weighted by molar-refractivity contribution is 5.73. The number of anilines is 2. The zero-order chi connectivity index (χ0) is 23.5. The number of nitrogens with zero attached hydrogens (tertiary/aromatic N) is 4. The molecular weight excluding hydrogens is 428 g/mol. The summed E-state index contributed by atoms with van der Waals surface area (Å²) in [5.41, 5.74) is 1.21. The Kier molecular flexibility index (Phi) is 6.70. The van der Waals surface area contributed by atoms with Crippen LogP contribution in [-0.4, -0.2) is 48.8 Å². The first-order valence-corrected chi connectivity index (χ1v) is 12.6. The normalized spacial score (nSPS) is 19.5. The van der Waals surface area contributed by atoms with Crippen molar-refractivity contribution in [2.45, 2.75) is 58.0 Å². The third-order valence-corrected chi connectivity index (χ3v) is 6.89. The fraction of sp³-hybridized carbons (Fsp3) is 0.519. The van der Waals surface area contributed by atoms with Crippen LogP contribution in [0.2, 0.25) is 0 Å². The lowest BCUT2D eigenvalue weighted by Crippen LogP contribution is -2.46. The van der Waals surface area contributed by atoms with Crippen molar-refractivity contribution in [2.24, 2.45) is 5.92 Å². The Balaban J connectivity index is 1.48. The topological polar surface area (TPSA) is 67.8 Å². The van der Waals surface area contributed by atoms with Gasteiger partial charge in [0.25, 0.3) is 0 Å². The van der Waals surface area contributed by atoms with E-state index in [4.69, 9.17) is 19.4 Å².